The normalized spacial score (nSPS) is 30.2. The molecule has 0 aromatic heterocycles. The molecule has 2 aliphatic heterocycles. The quantitative estimate of drug-likeness (QED) is 0.917. The van der Waals surface area contributed by atoms with Gasteiger partial charge in [0.05, 0.1) is 12.1 Å². The number of nitrogens with zero attached hydrogens (tertiary/aromatic N) is 1. The highest BCUT2D eigenvalue weighted by atomic mass is 19.1. The van der Waals surface area contributed by atoms with E-state index in [1.807, 2.05) is 11.8 Å². The molecule has 2 fully saturated rings. The summed E-state index contributed by atoms with van der Waals surface area (Å²) in [6, 6.07) is 6.08. The van der Waals surface area contributed by atoms with Gasteiger partial charge in [-0.05, 0) is 37.5 Å². The molecule has 0 bridgehead atoms. The van der Waals surface area contributed by atoms with Crippen LogP contribution in [-0.4, -0.2) is 36.1 Å². The number of benzene rings is 1. The molecule has 0 saturated carbocycles. The molecule has 1 aromatic rings. The number of ether oxygens (including phenoxy) is 1. The van der Waals surface area contributed by atoms with E-state index < -0.39 is 0 Å². The number of hydrogen-bond acceptors (Lipinski definition) is 3. The van der Waals surface area contributed by atoms with E-state index in [0.29, 0.717) is 6.54 Å². The second-order valence-electron chi connectivity index (χ2n) is 5.47. The Labute approximate surface area is 117 Å². The number of nitrogens with one attached hydrogen (secondary N) is 1. The maximum absolute atomic E-state index is 13.0. The summed E-state index contributed by atoms with van der Waals surface area (Å²) in [6.45, 7) is 3.23. The van der Waals surface area contributed by atoms with Crippen LogP contribution < -0.4 is 5.32 Å². The van der Waals surface area contributed by atoms with E-state index in [9.17, 15) is 9.18 Å². The first kappa shape index (κ1) is 13.5. The molecule has 3 unspecified atom stereocenters. The number of amides is 1. The summed E-state index contributed by atoms with van der Waals surface area (Å²) in [5.41, 5.74) is 0.905. The molecule has 20 heavy (non-hydrogen) atoms. The topological polar surface area (TPSA) is 41.6 Å². The highest BCUT2D eigenvalue weighted by molar-refractivity contribution is 5.84. The Bertz CT molecular complexity index is 485. The third kappa shape index (κ3) is 2.55. The highest BCUT2D eigenvalue weighted by Crippen LogP contribution is 2.27. The second kappa shape index (κ2) is 5.50. The fourth-order valence-electron chi connectivity index (χ4n) is 2.90. The zero-order chi connectivity index (χ0) is 14.1. The van der Waals surface area contributed by atoms with Crippen LogP contribution in [0.15, 0.2) is 24.3 Å². The predicted molar refractivity (Wildman–Crippen MR) is 72.4 cm³/mol. The van der Waals surface area contributed by atoms with Crippen molar-refractivity contribution in [1.29, 1.82) is 0 Å². The minimum absolute atomic E-state index is 0.0785. The van der Waals surface area contributed by atoms with Gasteiger partial charge in [-0.15, -0.1) is 0 Å². The molecule has 2 heterocycles. The van der Waals surface area contributed by atoms with E-state index in [1.165, 1.54) is 12.1 Å². The van der Waals surface area contributed by atoms with Crippen LogP contribution >= 0.6 is 0 Å². The van der Waals surface area contributed by atoms with Crippen LogP contribution in [0.4, 0.5) is 4.39 Å². The lowest BCUT2D eigenvalue weighted by Crippen LogP contribution is -2.37. The minimum atomic E-state index is -0.267. The highest BCUT2D eigenvalue weighted by Gasteiger charge is 2.38. The van der Waals surface area contributed by atoms with Crippen LogP contribution in [0.5, 0.6) is 0 Å². The van der Waals surface area contributed by atoms with Crippen molar-refractivity contribution in [2.24, 2.45) is 0 Å². The van der Waals surface area contributed by atoms with Crippen LogP contribution in [0.3, 0.4) is 0 Å². The first-order chi connectivity index (χ1) is 9.65. The largest absolute Gasteiger partial charge is 0.376 e. The summed E-state index contributed by atoms with van der Waals surface area (Å²) in [7, 11) is 0. The van der Waals surface area contributed by atoms with Gasteiger partial charge in [0.2, 0.25) is 5.91 Å². The Kier molecular flexibility index (Phi) is 3.72. The maximum Gasteiger partial charge on any atom is 0.241 e. The minimum Gasteiger partial charge on any atom is -0.376 e. The Morgan fingerprint density at radius 1 is 1.40 bits per heavy atom. The summed E-state index contributed by atoms with van der Waals surface area (Å²) in [5.74, 6) is -0.188. The van der Waals surface area contributed by atoms with Gasteiger partial charge in [-0.25, -0.2) is 4.39 Å². The molecule has 4 nitrogen and oxygen atoms in total. The predicted octanol–water partition coefficient (Wildman–Crippen LogP) is 1.82. The van der Waals surface area contributed by atoms with Crippen molar-refractivity contribution in [2.75, 3.05) is 13.2 Å². The SMILES string of the molecule is CC1NC(c2ccc(F)cc2)N(CC2CCCO2)C1=O. The summed E-state index contributed by atoms with van der Waals surface area (Å²) < 4.78 is 18.7. The van der Waals surface area contributed by atoms with E-state index in [4.69, 9.17) is 4.74 Å². The number of carbonyl (C=O) groups is 1. The van der Waals surface area contributed by atoms with Gasteiger partial charge in [-0.1, -0.05) is 12.1 Å². The van der Waals surface area contributed by atoms with Crippen molar-refractivity contribution in [1.82, 2.24) is 10.2 Å². The Morgan fingerprint density at radius 2 is 2.15 bits per heavy atom. The molecule has 1 aromatic carbocycles. The van der Waals surface area contributed by atoms with Gasteiger partial charge in [0.1, 0.15) is 12.0 Å². The van der Waals surface area contributed by atoms with Gasteiger partial charge in [0.15, 0.2) is 0 Å². The molecule has 2 saturated heterocycles. The molecule has 3 atom stereocenters. The van der Waals surface area contributed by atoms with E-state index in [0.717, 1.165) is 25.0 Å². The fraction of sp³-hybridized carbons (Fsp3) is 0.533. The van der Waals surface area contributed by atoms with Gasteiger partial charge in [-0.2, -0.15) is 0 Å². The van der Waals surface area contributed by atoms with Crippen molar-refractivity contribution in [3.63, 3.8) is 0 Å². The number of carbonyl (C=O) groups excluding carboxylic acids is 1. The summed E-state index contributed by atoms with van der Waals surface area (Å²) in [4.78, 5) is 14.1. The summed E-state index contributed by atoms with van der Waals surface area (Å²) in [5, 5.41) is 3.26. The van der Waals surface area contributed by atoms with Crippen LogP contribution in [0.1, 0.15) is 31.5 Å². The average Bonchev–Trinajstić information content (AvgIpc) is 3.04. The van der Waals surface area contributed by atoms with Crippen molar-refractivity contribution in [2.45, 2.75) is 38.1 Å². The Balaban J connectivity index is 1.79. The van der Waals surface area contributed by atoms with E-state index in [-0.39, 0.29) is 30.0 Å². The molecule has 3 rings (SSSR count). The van der Waals surface area contributed by atoms with E-state index >= 15 is 0 Å². The van der Waals surface area contributed by atoms with Crippen molar-refractivity contribution in [3.05, 3.63) is 35.6 Å². The molecule has 5 heteroatoms. The molecule has 0 aliphatic carbocycles. The first-order valence-electron chi connectivity index (χ1n) is 7.09. The lowest BCUT2D eigenvalue weighted by atomic mass is 10.1. The molecular formula is C15H19FN2O2. The third-order valence-corrected chi connectivity index (χ3v) is 3.98. The zero-order valence-electron chi connectivity index (χ0n) is 11.5. The zero-order valence-corrected chi connectivity index (χ0v) is 11.5. The summed E-state index contributed by atoms with van der Waals surface area (Å²) in [6.07, 6.45) is 1.97. The van der Waals surface area contributed by atoms with E-state index in [1.54, 1.807) is 12.1 Å². The molecular weight excluding hydrogens is 259 g/mol. The van der Waals surface area contributed by atoms with Crippen molar-refractivity contribution < 1.29 is 13.9 Å². The van der Waals surface area contributed by atoms with Crippen molar-refractivity contribution >= 4 is 5.91 Å². The maximum atomic E-state index is 13.0. The smallest absolute Gasteiger partial charge is 0.241 e. The van der Waals surface area contributed by atoms with Gasteiger partial charge >= 0.3 is 0 Å². The molecule has 108 valence electrons. The molecule has 1 amide bonds. The third-order valence-electron chi connectivity index (χ3n) is 3.98. The lowest BCUT2D eigenvalue weighted by Gasteiger charge is -2.27. The van der Waals surface area contributed by atoms with Gasteiger partial charge < -0.3 is 9.64 Å². The molecule has 2 aliphatic rings. The number of hydrogen-bond donors (Lipinski definition) is 1. The monoisotopic (exact) mass is 278 g/mol. The van der Waals surface area contributed by atoms with Crippen LogP contribution in [0, 0.1) is 5.82 Å². The fourth-order valence-corrected chi connectivity index (χ4v) is 2.90. The Morgan fingerprint density at radius 3 is 2.80 bits per heavy atom. The molecule has 0 spiro atoms. The number of halogens is 1. The lowest BCUT2D eigenvalue weighted by molar-refractivity contribution is -0.131. The Hall–Kier alpha value is -1.46. The molecule has 0 radical (unpaired) electrons. The van der Waals surface area contributed by atoms with Crippen LogP contribution in [0.2, 0.25) is 0 Å². The van der Waals surface area contributed by atoms with Crippen LogP contribution in [-0.2, 0) is 9.53 Å². The standard InChI is InChI=1S/C15H19FN2O2/c1-10-15(19)18(9-13-3-2-8-20-13)14(17-10)11-4-6-12(16)7-5-11/h4-7,10,13-14,17H,2-3,8-9H2,1H3. The van der Waals surface area contributed by atoms with E-state index in [2.05, 4.69) is 5.32 Å². The molecule has 1 N–H and O–H groups in total. The summed E-state index contributed by atoms with van der Waals surface area (Å²) >= 11 is 0. The van der Waals surface area contributed by atoms with Gasteiger partial charge in [-0.3, -0.25) is 10.1 Å². The second-order valence-corrected chi connectivity index (χ2v) is 5.47. The van der Waals surface area contributed by atoms with Crippen LogP contribution in [0.25, 0.3) is 0 Å². The van der Waals surface area contributed by atoms with Gasteiger partial charge in [0.25, 0.3) is 0 Å². The number of rotatable bonds is 3. The average molecular weight is 278 g/mol. The first-order valence-corrected chi connectivity index (χ1v) is 7.09. The van der Waals surface area contributed by atoms with Gasteiger partial charge in [0, 0.05) is 13.2 Å². The van der Waals surface area contributed by atoms with Crippen molar-refractivity contribution in [3.8, 4) is 0 Å².